The Balaban J connectivity index is 2.65. The highest BCUT2D eigenvalue weighted by Crippen LogP contribution is 2.27. The van der Waals surface area contributed by atoms with E-state index in [4.69, 9.17) is 5.73 Å². The number of nitrogens with one attached hydrogen (secondary N) is 1. The maximum absolute atomic E-state index is 12.0. The molecule has 1 heterocycles. The minimum Gasteiger partial charge on any atom is -0.382 e. The number of anilines is 2. The van der Waals surface area contributed by atoms with Crippen LogP contribution in [-0.2, 0) is 0 Å². The van der Waals surface area contributed by atoms with Crippen molar-refractivity contribution in [2.75, 3.05) is 51.4 Å². The Hall–Kier alpha value is -1.34. The lowest BCUT2D eigenvalue weighted by molar-refractivity contribution is 0.0956. The maximum atomic E-state index is 12.0. The van der Waals surface area contributed by atoms with Crippen LogP contribution in [0.4, 0.5) is 10.9 Å². The number of thiazole rings is 1. The Morgan fingerprint density at radius 2 is 2.05 bits per heavy atom. The lowest BCUT2D eigenvalue weighted by Crippen LogP contribution is -2.31. The van der Waals surface area contributed by atoms with E-state index in [9.17, 15) is 4.79 Å². The molecule has 0 saturated heterocycles. The highest BCUT2D eigenvalue weighted by atomic mass is 32.1. The molecule has 7 heteroatoms. The van der Waals surface area contributed by atoms with Crippen molar-refractivity contribution in [2.45, 2.75) is 13.3 Å². The van der Waals surface area contributed by atoms with E-state index in [1.807, 2.05) is 30.9 Å². The van der Waals surface area contributed by atoms with Crippen LogP contribution in [0, 0.1) is 0 Å². The third-order valence-electron chi connectivity index (χ3n) is 2.58. The van der Waals surface area contributed by atoms with E-state index in [0.29, 0.717) is 17.2 Å². The number of carbonyl (C=O) groups excluding carboxylic acids is 1. The largest absolute Gasteiger partial charge is 0.382 e. The molecule has 0 atom stereocenters. The highest BCUT2D eigenvalue weighted by molar-refractivity contribution is 7.18. The van der Waals surface area contributed by atoms with Crippen molar-refractivity contribution in [3.05, 3.63) is 4.88 Å². The SMILES string of the molecule is CCCN(C)c1nc(N)c(C(=O)NCCN(C)C)s1. The van der Waals surface area contributed by atoms with Crippen LogP contribution in [0.25, 0.3) is 0 Å². The van der Waals surface area contributed by atoms with Gasteiger partial charge in [0, 0.05) is 26.7 Å². The van der Waals surface area contributed by atoms with E-state index in [1.165, 1.54) is 11.3 Å². The average molecular weight is 285 g/mol. The van der Waals surface area contributed by atoms with E-state index in [0.717, 1.165) is 24.6 Å². The van der Waals surface area contributed by atoms with Gasteiger partial charge in [-0.15, -0.1) is 0 Å². The first-order chi connectivity index (χ1) is 8.95. The highest BCUT2D eigenvalue weighted by Gasteiger charge is 2.17. The second-order valence-electron chi connectivity index (χ2n) is 4.69. The number of nitrogens with two attached hydrogens (primary N) is 1. The number of rotatable bonds is 7. The van der Waals surface area contributed by atoms with Crippen LogP contribution >= 0.6 is 11.3 Å². The zero-order chi connectivity index (χ0) is 14.4. The number of likely N-dealkylation sites (N-methyl/N-ethyl adjacent to an activating group) is 1. The second kappa shape index (κ2) is 7.30. The Morgan fingerprint density at radius 1 is 1.37 bits per heavy atom. The van der Waals surface area contributed by atoms with Crippen molar-refractivity contribution in [2.24, 2.45) is 0 Å². The monoisotopic (exact) mass is 285 g/mol. The maximum Gasteiger partial charge on any atom is 0.265 e. The first-order valence-corrected chi connectivity index (χ1v) is 7.17. The van der Waals surface area contributed by atoms with Crippen molar-refractivity contribution in [1.82, 2.24) is 15.2 Å². The molecule has 1 amide bonds. The standard InChI is InChI=1S/C12H23N5OS/c1-5-7-17(4)12-15-10(13)9(19-12)11(18)14-6-8-16(2)3/h5-8,13H2,1-4H3,(H,14,18). The summed E-state index contributed by atoms with van der Waals surface area (Å²) in [5.41, 5.74) is 5.81. The smallest absolute Gasteiger partial charge is 0.265 e. The molecule has 1 aromatic heterocycles. The fraction of sp³-hybridized carbons (Fsp3) is 0.667. The first kappa shape index (κ1) is 15.7. The minimum atomic E-state index is -0.145. The summed E-state index contributed by atoms with van der Waals surface area (Å²) >= 11 is 1.34. The predicted octanol–water partition coefficient (Wildman–Crippen LogP) is 0.863. The Labute approximate surface area is 118 Å². The van der Waals surface area contributed by atoms with Crippen LogP contribution in [0.15, 0.2) is 0 Å². The van der Waals surface area contributed by atoms with Crippen molar-refractivity contribution < 1.29 is 4.79 Å². The molecule has 1 rings (SSSR count). The number of carbonyl (C=O) groups is 1. The predicted molar refractivity (Wildman–Crippen MR) is 81.0 cm³/mol. The fourth-order valence-electron chi connectivity index (χ4n) is 1.55. The first-order valence-electron chi connectivity index (χ1n) is 6.36. The molecule has 0 fully saturated rings. The number of amides is 1. The molecular formula is C12H23N5OS. The Kier molecular flexibility index (Phi) is 6.04. The van der Waals surface area contributed by atoms with Gasteiger partial charge in [-0.25, -0.2) is 4.98 Å². The van der Waals surface area contributed by atoms with E-state index in [2.05, 4.69) is 17.2 Å². The van der Waals surface area contributed by atoms with Gasteiger partial charge < -0.3 is 20.9 Å². The van der Waals surface area contributed by atoms with E-state index < -0.39 is 0 Å². The van der Waals surface area contributed by atoms with Crippen LogP contribution in [-0.4, -0.2) is 56.6 Å². The summed E-state index contributed by atoms with van der Waals surface area (Å²) in [6, 6.07) is 0. The summed E-state index contributed by atoms with van der Waals surface area (Å²) in [4.78, 5) is 20.7. The van der Waals surface area contributed by atoms with Gasteiger partial charge in [-0.3, -0.25) is 4.79 Å². The number of nitrogens with zero attached hydrogens (tertiary/aromatic N) is 3. The zero-order valence-electron chi connectivity index (χ0n) is 12.1. The number of hydrogen-bond donors (Lipinski definition) is 2. The Morgan fingerprint density at radius 3 is 2.63 bits per heavy atom. The van der Waals surface area contributed by atoms with Gasteiger partial charge in [-0.2, -0.15) is 0 Å². The lowest BCUT2D eigenvalue weighted by Gasteiger charge is -2.13. The van der Waals surface area contributed by atoms with Crippen molar-refractivity contribution in [1.29, 1.82) is 0 Å². The minimum absolute atomic E-state index is 0.145. The quantitative estimate of drug-likeness (QED) is 0.777. The van der Waals surface area contributed by atoms with E-state index in [-0.39, 0.29) is 5.91 Å². The molecule has 0 unspecified atom stereocenters. The van der Waals surface area contributed by atoms with Crippen molar-refractivity contribution >= 4 is 28.2 Å². The summed E-state index contributed by atoms with van der Waals surface area (Å²) in [6.45, 7) is 4.40. The van der Waals surface area contributed by atoms with Gasteiger partial charge in [-0.05, 0) is 20.5 Å². The Bertz CT molecular complexity index is 418. The molecule has 0 aliphatic carbocycles. The number of nitrogen functional groups attached to an aromatic ring is 1. The fourth-order valence-corrected chi connectivity index (χ4v) is 2.44. The van der Waals surface area contributed by atoms with Crippen LogP contribution < -0.4 is 16.0 Å². The summed E-state index contributed by atoms with van der Waals surface area (Å²) in [6.07, 6.45) is 1.03. The molecule has 0 aliphatic heterocycles. The molecular weight excluding hydrogens is 262 g/mol. The number of aromatic nitrogens is 1. The van der Waals surface area contributed by atoms with Crippen molar-refractivity contribution in [3.8, 4) is 0 Å². The van der Waals surface area contributed by atoms with Gasteiger partial charge in [0.05, 0.1) is 0 Å². The molecule has 1 aromatic rings. The molecule has 6 nitrogen and oxygen atoms in total. The molecule has 0 radical (unpaired) electrons. The van der Waals surface area contributed by atoms with Crippen LogP contribution in [0.2, 0.25) is 0 Å². The molecule has 3 N–H and O–H groups in total. The molecule has 19 heavy (non-hydrogen) atoms. The van der Waals surface area contributed by atoms with Crippen molar-refractivity contribution in [3.63, 3.8) is 0 Å². The van der Waals surface area contributed by atoms with Gasteiger partial charge >= 0.3 is 0 Å². The topological polar surface area (TPSA) is 74.5 Å². The van der Waals surface area contributed by atoms with Crippen LogP contribution in [0.3, 0.4) is 0 Å². The summed E-state index contributed by atoms with van der Waals surface area (Å²) in [5.74, 6) is 0.165. The molecule has 0 aromatic carbocycles. The average Bonchev–Trinajstić information content (AvgIpc) is 2.71. The van der Waals surface area contributed by atoms with Gasteiger partial charge in [0.1, 0.15) is 10.7 Å². The lowest BCUT2D eigenvalue weighted by atomic mass is 10.4. The van der Waals surface area contributed by atoms with Gasteiger partial charge in [0.25, 0.3) is 5.91 Å². The second-order valence-corrected chi connectivity index (χ2v) is 5.67. The molecule has 0 saturated carbocycles. The van der Waals surface area contributed by atoms with E-state index in [1.54, 1.807) is 0 Å². The molecule has 108 valence electrons. The van der Waals surface area contributed by atoms with Gasteiger partial charge in [0.2, 0.25) is 0 Å². The van der Waals surface area contributed by atoms with Gasteiger partial charge in [-0.1, -0.05) is 18.3 Å². The van der Waals surface area contributed by atoms with E-state index >= 15 is 0 Å². The molecule has 0 aliphatic rings. The third kappa shape index (κ3) is 4.68. The molecule has 0 bridgehead atoms. The third-order valence-corrected chi connectivity index (χ3v) is 3.76. The van der Waals surface area contributed by atoms with Gasteiger partial charge in [0.15, 0.2) is 5.13 Å². The number of hydrogen-bond acceptors (Lipinski definition) is 6. The zero-order valence-corrected chi connectivity index (χ0v) is 12.9. The summed E-state index contributed by atoms with van der Waals surface area (Å²) < 4.78 is 0. The molecule has 0 spiro atoms. The summed E-state index contributed by atoms with van der Waals surface area (Å²) in [7, 11) is 5.88. The summed E-state index contributed by atoms with van der Waals surface area (Å²) in [5, 5.41) is 3.64. The van der Waals surface area contributed by atoms with Crippen LogP contribution in [0.5, 0.6) is 0 Å². The van der Waals surface area contributed by atoms with Crippen LogP contribution in [0.1, 0.15) is 23.0 Å². The normalized spacial score (nSPS) is 10.8.